The maximum absolute atomic E-state index is 5.88. The molecule has 136 valence electrons. The van der Waals surface area contributed by atoms with Crippen LogP contribution >= 0.6 is 0 Å². The average molecular weight is 334 g/mol. The molecule has 0 saturated carbocycles. The summed E-state index contributed by atoms with van der Waals surface area (Å²) in [4.78, 5) is 7.42. The molecule has 0 bridgehead atoms. The molecule has 0 amide bonds. The van der Waals surface area contributed by atoms with Gasteiger partial charge in [0, 0.05) is 26.2 Å². The van der Waals surface area contributed by atoms with Crippen molar-refractivity contribution in [1.29, 1.82) is 0 Å². The summed E-state index contributed by atoms with van der Waals surface area (Å²) in [5.74, 6) is 0.994. The van der Waals surface area contributed by atoms with Crippen molar-refractivity contribution in [2.45, 2.75) is 33.2 Å². The standard InChI is InChI=1S/C20H35N3O/c1-4-22(5-2)14-7-17-24-20-10-8-19(9-11-20)18-23-13-6-12-21(3)15-16-23/h8-11H,4-7,12-18H2,1-3H3. The Morgan fingerprint density at radius 1 is 1.00 bits per heavy atom. The van der Waals surface area contributed by atoms with Crippen LogP contribution in [0.15, 0.2) is 24.3 Å². The summed E-state index contributed by atoms with van der Waals surface area (Å²) >= 11 is 0. The molecule has 0 N–H and O–H groups in total. The topological polar surface area (TPSA) is 19.0 Å². The molecule has 1 fully saturated rings. The maximum atomic E-state index is 5.88. The van der Waals surface area contributed by atoms with Gasteiger partial charge in [0.2, 0.25) is 0 Å². The summed E-state index contributed by atoms with van der Waals surface area (Å²) in [5, 5.41) is 0. The maximum Gasteiger partial charge on any atom is 0.119 e. The van der Waals surface area contributed by atoms with Crippen LogP contribution in [-0.4, -0.2) is 74.2 Å². The van der Waals surface area contributed by atoms with E-state index in [0.29, 0.717) is 0 Å². The molecule has 1 aliphatic heterocycles. The molecule has 1 heterocycles. The number of benzene rings is 1. The quantitative estimate of drug-likeness (QED) is 0.647. The number of likely N-dealkylation sites (N-methyl/N-ethyl adjacent to an activating group) is 1. The molecule has 1 aromatic rings. The van der Waals surface area contributed by atoms with Crippen molar-refractivity contribution in [3.63, 3.8) is 0 Å². The van der Waals surface area contributed by atoms with E-state index in [1.54, 1.807) is 0 Å². The molecule has 1 aromatic carbocycles. The largest absolute Gasteiger partial charge is 0.494 e. The number of rotatable bonds is 9. The SMILES string of the molecule is CCN(CC)CCCOc1ccc(CN2CCCN(C)CC2)cc1. The van der Waals surface area contributed by atoms with Gasteiger partial charge in [-0.05, 0) is 63.8 Å². The fourth-order valence-corrected chi connectivity index (χ4v) is 3.23. The van der Waals surface area contributed by atoms with E-state index in [0.717, 1.165) is 45.0 Å². The Bertz CT molecular complexity index is 445. The Labute approximate surface area is 148 Å². The molecule has 24 heavy (non-hydrogen) atoms. The molecular weight excluding hydrogens is 298 g/mol. The second-order valence-electron chi connectivity index (χ2n) is 6.81. The first kappa shape index (κ1) is 19.2. The smallest absolute Gasteiger partial charge is 0.119 e. The van der Waals surface area contributed by atoms with Gasteiger partial charge in [0.25, 0.3) is 0 Å². The minimum atomic E-state index is 0.800. The van der Waals surface area contributed by atoms with Gasteiger partial charge in [-0.1, -0.05) is 26.0 Å². The van der Waals surface area contributed by atoms with Crippen LogP contribution in [0.25, 0.3) is 0 Å². The minimum Gasteiger partial charge on any atom is -0.494 e. The lowest BCUT2D eigenvalue weighted by Crippen LogP contribution is -2.28. The number of ether oxygens (including phenoxy) is 1. The lowest BCUT2D eigenvalue weighted by Gasteiger charge is -2.20. The summed E-state index contributed by atoms with van der Waals surface area (Å²) in [7, 11) is 2.22. The third-order valence-corrected chi connectivity index (χ3v) is 4.92. The zero-order chi connectivity index (χ0) is 17.2. The summed E-state index contributed by atoms with van der Waals surface area (Å²) in [6, 6.07) is 8.68. The van der Waals surface area contributed by atoms with Gasteiger partial charge in [-0.3, -0.25) is 4.90 Å². The molecule has 1 aliphatic rings. The van der Waals surface area contributed by atoms with E-state index >= 15 is 0 Å². The zero-order valence-corrected chi connectivity index (χ0v) is 15.8. The third kappa shape index (κ3) is 6.80. The highest BCUT2D eigenvalue weighted by Gasteiger charge is 2.12. The summed E-state index contributed by atoms with van der Waals surface area (Å²) in [5.41, 5.74) is 1.38. The van der Waals surface area contributed by atoms with Crippen LogP contribution in [0.4, 0.5) is 0 Å². The minimum absolute atomic E-state index is 0.800. The van der Waals surface area contributed by atoms with E-state index in [4.69, 9.17) is 4.74 Å². The van der Waals surface area contributed by atoms with E-state index in [1.807, 2.05) is 0 Å². The van der Waals surface area contributed by atoms with Gasteiger partial charge in [-0.2, -0.15) is 0 Å². The van der Waals surface area contributed by atoms with Crippen LogP contribution in [0.3, 0.4) is 0 Å². The van der Waals surface area contributed by atoms with E-state index in [-0.39, 0.29) is 0 Å². The first-order chi connectivity index (χ1) is 11.7. The van der Waals surface area contributed by atoms with Crippen LogP contribution in [0.2, 0.25) is 0 Å². The highest BCUT2D eigenvalue weighted by molar-refractivity contribution is 5.27. The van der Waals surface area contributed by atoms with E-state index < -0.39 is 0 Å². The molecule has 4 heteroatoms. The van der Waals surface area contributed by atoms with Crippen LogP contribution in [0.1, 0.15) is 32.3 Å². The normalized spacial score (nSPS) is 17.2. The van der Waals surface area contributed by atoms with Gasteiger partial charge in [0.15, 0.2) is 0 Å². The van der Waals surface area contributed by atoms with E-state index in [2.05, 4.69) is 59.9 Å². The number of hydrogen-bond acceptors (Lipinski definition) is 4. The Balaban J connectivity index is 1.70. The lowest BCUT2D eigenvalue weighted by molar-refractivity contribution is 0.249. The van der Waals surface area contributed by atoms with Crippen molar-refractivity contribution in [3.8, 4) is 5.75 Å². The van der Waals surface area contributed by atoms with Crippen LogP contribution in [-0.2, 0) is 6.54 Å². The predicted octanol–water partition coefficient (Wildman–Crippen LogP) is 2.93. The van der Waals surface area contributed by atoms with Crippen LogP contribution in [0, 0.1) is 0 Å². The molecule has 0 aliphatic carbocycles. The van der Waals surface area contributed by atoms with Crippen molar-refractivity contribution in [2.24, 2.45) is 0 Å². The first-order valence-electron chi connectivity index (χ1n) is 9.56. The summed E-state index contributed by atoms with van der Waals surface area (Å²) < 4.78 is 5.88. The second-order valence-corrected chi connectivity index (χ2v) is 6.81. The fourth-order valence-electron chi connectivity index (χ4n) is 3.23. The molecular formula is C20H35N3O. The van der Waals surface area contributed by atoms with E-state index in [1.165, 1.54) is 38.2 Å². The molecule has 0 radical (unpaired) electrons. The van der Waals surface area contributed by atoms with Gasteiger partial charge < -0.3 is 14.5 Å². The van der Waals surface area contributed by atoms with Crippen molar-refractivity contribution >= 4 is 0 Å². The lowest BCUT2D eigenvalue weighted by atomic mass is 10.2. The molecule has 0 spiro atoms. The van der Waals surface area contributed by atoms with Crippen molar-refractivity contribution in [2.75, 3.05) is 59.5 Å². The van der Waals surface area contributed by atoms with Gasteiger partial charge in [0.05, 0.1) is 6.61 Å². The Kier molecular flexibility index (Phi) is 8.57. The van der Waals surface area contributed by atoms with E-state index in [9.17, 15) is 0 Å². The third-order valence-electron chi connectivity index (χ3n) is 4.92. The molecule has 0 atom stereocenters. The van der Waals surface area contributed by atoms with Crippen molar-refractivity contribution in [1.82, 2.24) is 14.7 Å². The Morgan fingerprint density at radius 3 is 2.46 bits per heavy atom. The highest BCUT2D eigenvalue weighted by atomic mass is 16.5. The van der Waals surface area contributed by atoms with Crippen LogP contribution < -0.4 is 4.74 Å². The molecule has 0 aromatic heterocycles. The van der Waals surface area contributed by atoms with Crippen molar-refractivity contribution in [3.05, 3.63) is 29.8 Å². The van der Waals surface area contributed by atoms with Gasteiger partial charge >= 0.3 is 0 Å². The number of nitrogens with zero attached hydrogens (tertiary/aromatic N) is 3. The molecule has 2 rings (SSSR count). The summed E-state index contributed by atoms with van der Waals surface area (Å²) in [6.45, 7) is 14.4. The van der Waals surface area contributed by atoms with Crippen LogP contribution in [0.5, 0.6) is 5.75 Å². The molecule has 0 unspecified atom stereocenters. The fraction of sp³-hybridized carbons (Fsp3) is 0.700. The number of hydrogen-bond donors (Lipinski definition) is 0. The molecule has 1 saturated heterocycles. The average Bonchev–Trinajstić information content (AvgIpc) is 2.81. The Hall–Kier alpha value is -1.10. The van der Waals surface area contributed by atoms with Gasteiger partial charge in [0.1, 0.15) is 5.75 Å². The molecule has 4 nitrogen and oxygen atoms in total. The first-order valence-corrected chi connectivity index (χ1v) is 9.56. The van der Waals surface area contributed by atoms with Gasteiger partial charge in [-0.25, -0.2) is 0 Å². The predicted molar refractivity (Wildman–Crippen MR) is 102 cm³/mol. The monoisotopic (exact) mass is 333 g/mol. The van der Waals surface area contributed by atoms with Gasteiger partial charge in [-0.15, -0.1) is 0 Å². The van der Waals surface area contributed by atoms with Crippen molar-refractivity contribution < 1.29 is 4.74 Å². The highest BCUT2D eigenvalue weighted by Crippen LogP contribution is 2.15. The Morgan fingerprint density at radius 2 is 1.75 bits per heavy atom. The zero-order valence-electron chi connectivity index (χ0n) is 15.8. The second kappa shape index (κ2) is 10.7. The summed E-state index contributed by atoms with van der Waals surface area (Å²) in [6.07, 6.45) is 2.36.